The van der Waals surface area contributed by atoms with Crippen LogP contribution >= 0.6 is 0 Å². The standard InChI is InChI=1S/C22H35N5O/c1-16-3-5-26(6-4-16)17(2)12-24-20(28)21-8-18-7-19(9-21)11-22(10-18,13-21)27-15-23-14-25-27/h14-19H,3-13H2,1-2H3,(H,24,28)/t17-,18-,19+,21?,22?/m1/s1. The Morgan fingerprint density at radius 3 is 2.57 bits per heavy atom. The quantitative estimate of drug-likeness (QED) is 0.847. The Bertz CT molecular complexity index is 695. The first-order valence-corrected chi connectivity index (χ1v) is 11.4. The summed E-state index contributed by atoms with van der Waals surface area (Å²) in [6.07, 6.45) is 12.8. The Labute approximate surface area is 168 Å². The second kappa shape index (κ2) is 6.82. The monoisotopic (exact) mass is 385 g/mol. The number of nitrogens with one attached hydrogen (secondary N) is 1. The summed E-state index contributed by atoms with van der Waals surface area (Å²) in [5.74, 6) is 2.48. The van der Waals surface area contributed by atoms with Crippen molar-refractivity contribution < 1.29 is 4.79 Å². The second-order valence-electron chi connectivity index (χ2n) is 10.6. The van der Waals surface area contributed by atoms with Crippen LogP contribution < -0.4 is 5.32 Å². The SMILES string of the molecule is CC1CCN([C@H](C)CNC(=O)C23C[C@H]4C[C@@H](C2)CC(n2cncn2)(C4)C3)CC1. The number of likely N-dealkylation sites (tertiary alicyclic amines) is 1. The minimum atomic E-state index is -0.188. The molecule has 1 saturated heterocycles. The lowest BCUT2D eigenvalue weighted by atomic mass is 9.46. The lowest BCUT2D eigenvalue weighted by Gasteiger charge is -2.61. The van der Waals surface area contributed by atoms with E-state index in [9.17, 15) is 4.79 Å². The van der Waals surface area contributed by atoms with Gasteiger partial charge in [-0.15, -0.1) is 0 Å². The van der Waals surface area contributed by atoms with Crippen LogP contribution in [0.4, 0.5) is 0 Å². The van der Waals surface area contributed by atoms with Crippen molar-refractivity contribution in [2.75, 3.05) is 19.6 Å². The van der Waals surface area contributed by atoms with Crippen molar-refractivity contribution in [3.63, 3.8) is 0 Å². The number of hydrogen-bond donors (Lipinski definition) is 1. The molecule has 4 aliphatic carbocycles. The summed E-state index contributed by atoms with van der Waals surface area (Å²) >= 11 is 0. The molecule has 6 nitrogen and oxygen atoms in total. The molecule has 5 atom stereocenters. The first-order chi connectivity index (χ1) is 13.5. The average molecular weight is 386 g/mol. The summed E-state index contributed by atoms with van der Waals surface area (Å²) in [5, 5.41) is 7.89. The minimum absolute atomic E-state index is 0.0204. The van der Waals surface area contributed by atoms with Crippen molar-refractivity contribution in [2.24, 2.45) is 23.2 Å². The number of carbonyl (C=O) groups excluding carboxylic acids is 1. The van der Waals surface area contributed by atoms with Crippen LogP contribution in [0.15, 0.2) is 12.7 Å². The number of piperidine rings is 1. The zero-order valence-electron chi connectivity index (χ0n) is 17.4. The van der Waals surface area contributed by atoms with Gasteiger partial charge in [0.1, 0.15) is 12.7 Å². The molecule has 1 N–H and O–H groups in total. The van der Waals surface area contributed by atoms with E-state index in [1.165, 1.54) is 45.2 Å². The Balaban J connectivity index is 1.27. The van der Waals surface area contributed by atoms with Gasteiger partial charge in [0.15, 0.2) is 0 Å². The zero-order chi connectivity index (χ0) is 19.4. The van der Waals surface area contributed by atoms with E-state index in [4.69, 9.17) is 0 Å². The van der Waals surface area contributed by atoms with E-state index in [-0.39, 0.29) is 11.0 Å². The fraction of sp³-hybridized carbons (Fsp3) is 0.864. The molecule has 28 heavy (non-hydrogen) atoms. The Morgan fingerprint density at radius 2 is 1.93 bits per heavy atom. The largest absolute Gasteiger partial charge is 0.354 e. The first kappa shape index (κ1) is 18.6. The molecule has 2 unspecified atom stereocenters. The number of nitrogens with zero attached hydrogens (tertiary/aromatic N) is 4. The summed E-state index contributed by atoms with van der Waals surface area (Å²) in [5.41, 5.74) is -0.168. The number of amides is 1. The molecule has 154 valence electrons. The maximum absolute atomic E-state index is 13.5. The van der Waals surface area contributed by atoms with Crippen LogP contribution in [0.25, 0.3) is 0 Å². The molecule has 1 aromatic rings. The summed E-state index contributed by atoms with van der Waals surface area (Å²) in [6.45, 7) is 7.74. The molecule has 0 radical (unpaired) electrons. The maximum Gasteiger partial charge on any atom is 0.226 e. The normalized spacial score (nSPS) is 39.2. The predicted octanol–water partition coefficient (Wildman–Crippen LogP) is 2.81. The summed E-state index contributed by atoms with van der Waals surface area (Å²) in [6, 6.07) is 0.426. The highest BCUT2D eigenvalue weighted by molar-refractivity contribution is 5.83. The molecule has 2 heterocycles. The molecule has 6 rings (SSSR count). The average Bonchev–Trinajstić information content (AvgIpc) is 3.21. The van der Waals surface area contributed by atoms with Crippen LogP contribution in [-0.2, 0) is 10.3 Å². The molecular formula is C22H35N5O. The van der Waals surface area contributed by atoms with Crippen LogP contribution in [0.3, 0.4) is 0 Å². The van der Waals surface area contributed by atoms with Crippen molar-refractivity contribution in [1.29, 1.82) is 0 Å². The summed E-state index contributed by atoms with van der Waals surface area (Å²) < 4.78 is 2.09. The van der Waals surface area contributed by atoms with Crippen LogP contribution in [0.2, 0.25) is 0 Å². The van der Waals surface area contributed by atoms with Crippen molar-refractivity contribution in [2.45, 2.75) is 76.8 Å². The molecule has 6 heteroatoms. The van der Waals surface area contributed by atoms with Crippen molar-refractivity contribution in [3.05, 3.63) is 12.7 Å². The third-order valence-corrected chi connectivity index (χ3v) is 8.42. The molecule has 4 saturated carbocycles. The van der Waals surface area contributed by atoms with Gasteiger partial charge in [-0.25, -0.2) is 9.67 Å². The lowest BCUT2D eigenvalue weighted by molar-refractivity contribution is -0.156. The van der Waals surface area contributed by atoms with Gasteiger partial charge in [0.05, 0.1) is 11.0 Å². The first-order valence-electron chi connectivity index (χ1n) is 11.4. The van der Waals surface area contributed by atoms with E-state index < -0.39 is 0 Å². The van der Waals surface area contributed by atoms with Crippen molar-refractivity contribution >= 4 is 5.91 Å². The fourth-order valence-corrected chi connectivity index (χ4v) is 7.23. The Hall–Kier alpha value is -1.43. The van der Waals surface area contributed by atoms with Crippen LogP contribution in [0.1, 0.15) is 65.2 Å². The predicted molar refractivity (Wildman–Crippen MR) is 108 cm³/mol. The molecule has 1 aliphatic heterocycles. The zero-order valence-corrected chi connectivity index (χ0v) is 17.4. The number of rotatable bonds is 5. The molecule has 4 bridgehead atoms. The van der Waals surface area contributed by atoms with Gasteiger partial charge in [0.25, 0.3) is 0 Å². The van der Waals surface area contributed by atoms with Gasteiger partial charge in [0.2, 0.25) is 5.91 Å². The van der Waals surface area contributed by atoms with Crippen LogP contribution in [-0.4, -0.2) is 51.2 Å². The molecule has 5 fully saturated rings. The summed E-state index contributed by atoms with van der Waals surface area (Å²) in [7, 11) is 0. The van der Waals surface area contributed by atoms with E-state index >= 15 is 0 Å². The molecule has 1 aromatic heterocycles. The molecular weight excluding hydrogens is 350 g/mol. The van der Waals surface area contributed by atoms with E-state index in [0.29, 0.717) is 23.8 Å². The van der Waals surface area contributed by atoms with Crippen molar-refractivity contribution in [1.82, 2.24) is 25.0 Å². The number of aromatic nitrogens is 3. The lowest BCUT2D eigenvalue weighted by Crippen LogP contribution is -2.61. The topological polar surface area (TPSA) is 63.1 Å². The highest BCUT2D eigenvalue weighted by atomic mass is 16.2. The fourth-order valence-electron chi connectivity index (χ4n) is 7.23. The third kappa shape index (κ3) is 3.08. The van der Waals surface area contributed by atoms with Gasteiger partial charge in [-0.3, -0.25) is 9.69 Å². The van der Waals surface area contributed by atoms with Gasteiger partial charge < -0.3 is 5.32 Å². The van der Waals surface area contributed by atoms with Gasteiger partial charge in [-0.1, -0.05) is 6.92 Å². The van der Waals surface area contributed by atoms with Crippen molar-refractivity contribution in [3.8, 4) is 0 Å². The second-order valence-corrected chi connectivity index (χ2v) is 10.6. The molecule has 0 spiro atoms. The van der Waals surface area contributed by atoms with E-state index in [2.05, 4.69) is 38.8 Å². The molecule has 1 amide bonds. The highest BCUT2D eigenvalue weighted by Crippen LogP contribution is 2.64. The Morgan fingerprint density at radius 1 is 1.21 bits per heavy atom. The Kier molecular flexibility index (Phi) is 4.53. The number of carbonyl (C=O) groups is 1. The minimum Gasteiger partial charge on any atom is -0.354 e. The third-order valence-electron chi connectivity index (χ3n) is 8.42. The highest BCUT2D eigenvalue weighted by Gasteiger charge is 2.61. The van der Waals surface area contributed by atoms with Crippen LogP contribution in [0, 0.1) is 23.2 Å². The van der Waals surface area contributed by atoms with Gasteiger partial charge in [-0.05, 0) is 89.1 Å². The smallest absolute Gasteiger partial charge is 0.226 e. The number of hydrogen-bond acceptors (Lipinski definition) is 4. The van der Waals surface area contributed by atoms with E-state index in [0.717, 1.165) is 31.7 Å². The molecule has 0 aromatic carbocycles. The molecule has 5 aliphatic rings. The van der Waals surface area contributed by atoms with Gasteiger partial charge >= 0.3 is 0 Å². The van der Waals surface area contributed by atoms with E-state index in [1.54, 1.807) is 6.33 Å². The van der Waals surface area contributed by atoms with Crippen LogP contribution in [0.5, 0.6) is 0 Å². The van der Waals surface area contributed by atoms with Gasteiger partial charge in [0, 0.05) is 12.6 Å². The van der Waals surface area contributed by atoms with Gasteiger partial charge in [-0.2, -0.15) is 5.10 Å². The maximum atomic E-state index is 13.5. The summed E-state index contributed by atoms with van der Waals surface area (Å²) in [4.78, 5) is 20.2. The van der Waals surface area contributed by atoms with E-state index in [1.807, 2.05) is 6.33 Å².